The van der Waals surface area contributed by atoms with Crippen molar-refractivity contribution in [3.8, 4) is 0 Å². The van der Waals surface area contributed by atoms with Crippen molar-refractivity contribution in [2.24, 2.45) is 0 Å². The highest BCUT2D eigenvalue weighted by atomic mass is 35.5. The fourth-order valence-electron chi connectivity index (χ4n) is 1.89. The van der Waals surface area contributed by atoms with Crippen molar-refractivity contribution in [3.05, 3.63) is 40.2 Å². The van der Waals surface area contributed by atoms with Gasteiger partial charge in [0.25, 0.3) is 0 Å². The molecule has 3 aromatic rings. The molecule has 0 spiro atoms. The van der Waals surface area contributed by atoms with Gasteiger partial charge in [0.05, 0.1) is 12.4 Å². The second-order valence-electron chi connectivity index (χ2n) is 4.03. The number of pyridine rings is 1. The van der Waals surface area contributed by atoms with Gasteiger partial charge in [-0.3, -0.25) is 0 Å². The van der Waals surface area contributed by atoms with Gasteiger partial charge in [0.1, 0.15) is 16.3 Å². The summed E-state index contributed by atoms with van der Waals surface area (Å²) in [6.07, 6.45) is 3.65. The van der Waals surface area contributed by atoms with Crippen molar-refractivity contribution in [3.63, 3.8) is 0 Å². The maximum Gasteiger partial charge on any atom is 0.160 e. The van der Waals surface area contributed by atoms with Crippen LogP contribution in [0.1, 0.15) is 16.4 Å². The molecule has 0 unspecified atom stereocenters. The number of imidazole rings is 1. The molecule has 0 atom stereocenters. The van der Waals surface area contributed by atoms with Gasteiger partial charge in [0.2, 0.25) is 0 Å². The van der Waals surface area contributed by atoms with Crippen LogP contribution < -0.4 is 0 Å². The maximum absolute atomic E-state index is 5.96. The van der Waals surface area contributed by atoms with E-state index < -0.39 is 0 Å². The Balaban J connectivity index is 2.13. The summed E-state index contributed by atoms with van der Waals surface area (Å²) in [5.74, 6) is 1.21. The van der Waals surface area contributed by atoms with E-state index in [-0.39, 0.29) is 0 Å². The Kier molecular flexibility index (Phi) is 3.01. The number of hydrogen-bond acceptors (Lipinski definition) is 4. The Labute approximate surface area is 113 Å². The lowest BCUT2D eigenvalue weighted by molar-refractivity contribution is 0.765. The van der Waals surface area contributed by atoms with E-state index in [4.69, 9.17) is 11.6 Å². The molecule has 0 aliphatic heterocycles. The number of halogens is 1. The molecule has 3 rings (SSSR count). The van der Waals surface area contributed by atoms with Gasteiger partial charge in [0.15, 0.2) is 5.65 Å². The summed E-state index contributed by atoms with van der Waals surface area (Å²) in [4.78, 5) is 13.3. The molecule has 0 aliphatic carbocycles. The third-order valence-corrected chi connectivity index (χ3v) is 3.70. The summed E-state index contributed by atoms with van der Waals surface area (Å²) >= 11 is 7.58. The molecule has 4 nitrogen and oxygen atoms in total. The highest BCUT2D eigenvalue weighted by molar-refractivity contribution is 7.09. The molecular weight excluding hydrogens is 268 g/mol. The zero-order valence-electron chi connectivity index (χ0n) is 9.80. The van der Waals surface area contributed by atoms with Crippen LogP contribution in [0.3, 0.4) is 0 Å². The van der Waals surface area contributed by atoms with Crippen LogP contribution in [0.4, 0.5) is 0 Å². The summed E-state index contributed by atoms with van der Waals surface area (Å²) < 4.78 is 2.03. The predicted molar refractivity (Wildman–Crippen MR) is 73.0 cm³/mol. The summed E-state index contributed by atoms with van der Waals surface area (Å²) in [6, 6.07) is 2.02. The number of nitrogens with zero attached hydrogens (tertiary/aromatic N) is 4. The summed E-state index contributed by atoms with van der Waals surface area (Å²) in [5.41, 5.74) is 2.86. The number of alkyl halides is 1. The number of hydrogen-bond donors (Lipinski definition) is 0. The molecule has 3 aromatic heterocycles. The fourth-order valence-corrected chi connectivity index (χ4v) is 2.70. The lowest BCUT2D eigenvalue weighted by atomic mass is 10.3. The number of aromatic nitrogens is 4. The molecule has 18 heavy (non-hydrogen) atoms. The molecule has 0 bridgehead atoms. The first kappa shape index (κ1) is 11.6. The second-order valence-corrected chi connectivity index (χ2v) is 5.28. The molecule has 0 N–H and O–H groups in total. The lowest BCUT2D eigenvalue weighted by Crippen LogP contribution is -2.04. The van der Waals surface area contributed by atoms with E-state index in [9.17, 15) is 0 Å². The van der Waals surface area contributed by atoms with Crippen molar-refractivity contribution < 1.29 is 0 Å². The first-order chi connectivity index (χ1) is 8.78. The Morgan fingerprint density at radius 3 is 3.00 bits per heavy atom. The minimum atomic E-state index is 0.376. The Hall–Kier alpha value is -1.46. The first-order valence-electron chi connectivity index (χ1n) is 5.54. The van der Waals surface area contributed by atoms with Gasteiger partial charge in [0, 0.05) is 17.8 Å². The topological polar surface area (TPSA) is 43.6 Å². The van der Waals surface area contributed by atoms with Crippen molar-refractivity contribution in [1.29, 1.82) is 0 Å². The monoisotopic (exact) mass is 278 g/mol. The Morgan fingerprint density at radius 2 is 2.28 bits per heavy atom. The fraction of sp³-hybridized carbons (Fsp3) is 0.250. The smallest absolute Gasteiger partial charge is 0.160 e. The molecule has 0 amide bonds. The van der Waals surface area contributed by atoms with Gasteiger partial charge in [-0.15, -0.1) is 22.9 Å². The normalized spacial score (nSPS) is 11.2. The molecule has 0 radical (unpaired) electrons. The van der Waals surface area contributed by atoms with Crippen molar-refractivity contribution in [2.45, 2.75) is 19.3 Å². The van der Waals surface area contributed by atoms with Gasteiger partial charge in [-0.25, -0.2) is 15.0 Å². The van der Waals surface area contributed by atoms with E-state index in [0.717, 1.165) is 27.6 Å². The van der Waals surface area contributed by atoms with Crippen LogP contribution in [0.15, 0.2) is 23.8 Å². The van der Waals surface area contributed by atoms with Gasteiger partial charge < -0.3 is 4.57 Å². The first-order valence-corrected chi connectivity index (χ1v) is 6.95. The lowest BCUT2D eigenvalue weighted by Gasteiger charge is -2.04. The van der Waals surface area contributed by atoms with Gasteiger partial charge in [-0.05, 0) is 18.6 Å². The largest absolute Gasteiger partial charge is 0.305 e. The Bertz CT molecular complexity index is 675. The van der Waals surface area contributed by atoms with E-state index in [0.29, 0.717) is 12.4 Å². The van der Waals surface area contributed by atoms with Crippen LogP contribution in [-0.4, -0.2) is 19.5 Å². The maximum atomic E-state index is 5.96. The third kappa shape index (κ3) is 2.00. The Morgan fingerprint density at radius 1 is 1.39 bits per heavy atom. The van der Waals surface area contributed by atoms with E-state index in [1.165, 1.54) is 0 Å². The van der Waals surface area contributed by atoms with E-state index in [2.05, 4.69) is 15.0 Å². The van der Waals surface area contributed by atoms with Crippen molar-refractivity contribution in [1.82, 2.24) is 19.5 Å². The van der Waals surface area contributed by atoms with Crippen LogP contribution in [0.25, 0.3) is 11.2 Å². The molecular formula is C12H11ClN4S. The highest BCUT2D eigenvalue weighted by Gasteiger charge is 2.12. The number of rotatable bonds is 3. The number of thiazole rings is 1. The van der Waals surface area contributed by atoms with E-state index in [1.54, 1.807) is 17.5 Å². The van der Waals surface area contributed by atoms with Gasteiger partial charge in [-0.1, -0.05) is 0 Å². The molecule has 0 saturated carbocycles. The molecule has 0 saturated heterocycles. The zero-order valence-corrected chi connectivity index (χ0v) is 11.4. The van der Waals surface area contributed by atoms with E-state index >= 15 is 0 Å². The van der Waals surface area contributed by atoms with Crippen molar-refractivity contribution in [2.75, 3.05) is 0 Å². The minimum Gasteiger partial charge on any atom is -0.305 e. The average Bonchev–Trinajstić information content (AvgIpc) is 2.97. The zero-order chi connectivity index (χ0) is 12.5. The molecule has 0 aliphatic rings. The summed E-state index contributed by atoms with van der Waals surface area (Å²) in [6.45, 7) is 2.68. The molecule has 0 aromatic carbocycles. The van der Waals surface area contributed by atoms with Crippen molar-refractivity contribution >= 4 is 34.1 Å². The minimum absolute atomic E-state index is 0.376. The molecule has 0 fully saturated rings. The quantitative estimate of drug-likeness (QED) is 0.692. The van der Waals surface area contributed by atoms with Gasteiger partial charge in [-0.2, -0.15) is 0 Å². The van der Waals surface area contributed by atoms with Crippen LogP contribution in [0.5, 0.6) is 0 Å². The highest BCUT2D eigenvalue weighted by Crippen LogP contribution is 2.19. The number of fused-ring (bicyclic) bond motifs is 1. The van der Waals surface area contributed by atoms with E-state index in [1.807, 2.05) is 29.1 Å². The van der Waals surface area contributed by atoms with Crippen LogP contribution in [0.2, 0.25) is 0 Å². The second kappa shape index (κ2) is 4.66. The third-order valence-electron chi connectivity index (χ3n) is 2.70. The summed E-state index contributed by atoms with van der Waals surface area (Å²) in [7, 11) is 0. The molecule has 92 valence electrons. The summed E-state index contributed by atoms with van der Waals surface area (Å²) in [5, 5.41) is 3.00. The van der Waals surface area contributed by atoms with Crippen LogP contribution >= 0.6 is 22.9 Å². The molecule has 6 heteroatoms. The van der Waals surface area contributed by atoms with Crippen LogP contribution in [0, 0.1) is 6.92 Å². The average molecular weight is 279 g/mol. The standard InChI is InChI=1S/C12H11ClN4S/c1-8-4-9-12(15-6-8)17(10(5-13)16-9)7-11-14-2-3-18-11/h2-4,6H,5,7H2,1H3. The predicted octanol–water partition coefficient (Wildman–Crippen LogP) is 2.98. The number of aryl methyl sites for hydroxylation is 1. The SMILES string of the molecule is Cc1cnc2c(c1)nc(CCl)n2Cc1nccs1. The van der Waals surface area contributed by atoms with Gasteiger partial charge >= 0.3 is 0 Å². The molecule has 3 heterocycles. The van der Waals surface area contributed by atoms with Crippen LogP contribution in [-0.2, 0) is 12.4 Å².